The summed E-state index contributed by atoms with van der Waals surface area (Å²) < 4.78 is 10.7. The number of nitrogens with zero attached hydrogens (tertiary/aromatic N) is 2. The minimum atomic E-state index is -0.698. The third-order valence-electron chi connectivity index (χ3n) is 6.35. The third-order valence-corrected chi connectivity index (χ3v) is 6.35. The highest BCUT2D eigenvalue weighted by Gasteiger charge is 2.45. The summed E-state index contributed by atoms with van der Waals surface area (Å²) >= 11 is 0. The van der Waals surface area contributed by atoms with Gasteiger partial charge in [-0.3, -0.25) is 14.5 Å². The molecule has 2 amide bonds. The number of fused-ring (bicyclic) bond motifs is 1. The van der Waals surface area contributed by atoms with E-state index in [1.54, 1.807) is 55.6 Å². The van der Waals surface area contributed by atoms with Crippen LogP contribution >= 0.6 is 0 Å². The van der Waals surface area contributed by atoms with Crippen molar-refractivity contribution in [2.45, 2.75) is 12.0 Å². The smallest absolute Gasteiger partial charge is 0.259 e. The topological polar surface area (TPSA) is 80.8 Å². The fraction of sp³-hybridized carbons (Fsp3) is 0.138. The zero-order valence-electron chi connectivity index (χ0n) is 19.9. The lowest BCUT2D eigenvalue weighted by Crippen LogP contribution is -2.46. The number of hydrogen-bond acceptors (Lipinski definition) is 5. The average Bonchev–Trinajstić information content (AvgIpc) is 2.93. The Labute approximate surface area is 209 Å². The minimum absolute atomic E-state index is 0.182. The third kappa shape index (κ3) is 4.27. The Kier molecular flexibility index (Phi) is 6.36. The second kappa shape index (κ2) is 9.92. The summed E-state index contributed by atoms with van der Waals surface area (Å²) in [4.78, 5) is 33.8. The monoisotopic (exact) mass is 479 g/mol. The Morgan fingerprint density at radius 2 is 1.47 bits per heavy atom. The number of hydrogen-bond donors (Lipinski definition) is 1. The lowest BCUT2D eigenvalue weighted by atomic mass is 9.78. The summed E-state index contributed by atoms with van der Waals surface area (Å²) in [5.74, 6) is 0.671. The van der Waals surface area contributed by atoms with Crippen molar-refractivity contribution in [3.8, 4) is 11.5 Å². The normalized spacial score (nSPS) is 16.7. The van der Waals surface area contributed by atoms with Gasteiger partial charge in [0.05, 0.1) is 26.2 Å². The van der Waals surface area contributed by atoms with Crippen molar-refractivity contribution in [3.63, 3.8) is 0 Å². The molecule has 1 aromatic heterocycles. The van der Waals surface area contributed by atoms with Gasteiger partial charge < -0.3 is 14.8 Å². The number of rotatable bonds is 6. The molecule has 0 unspecified atom stereocenters. The molecule has 5 rings (SSSR count). The molecule has 7 heteroatoms. The minimum Gasteiger partial charge on any atom is -0.497 e. The fourth-order valence-electron chi connectivity index (χ4n) is 4.63. The first-order chi connectivity index (χ1) is 17.6. The van der Waals surface area contributed by atoms with Gasteiger partial charge in [-0.15, -0.1) is 0 Å². The molecule has 2 heterocycles. The van der Waals surface area contributed by atoms with Crippen LogP contribution in [0.25, 0.3) is 0 Å². The molecule has 36 heavy (non-hydrogen) atoms. The summed E-state index contributed by atoms with van der Waals surface area (Å²) in [6.45, 7) is 0. The van der Waals surface area contributed by atoms with Gasteiger partial charge in [0.15, 0.2) is 0 Å². The van der Waals surface area contributed by atoms with Gasteiger partial charge in [-0.05, 0) is 65.7 Å². The van der Waals surface area contributed by atoms with Gasteiger partial charge in [-0.1, -0.05) is 36.4 Å². The number of carbonyl (C=O) groups excluding carboxylic acids is 2. The molecule has 2 atom stereocenters. The van der Waals surface area contributed by atoms with E-state index in [1.807, 2.05) is 60.7 Å². The van der Waals surface area contributed by atoms with E-state index in [4.69, 9.17) is 9.47 Å². The summed E-state index contributed by atoms with van der Waals surface area (Å²) in [6, 6.07) is 26.7. The molecule has 1 aliphatic rings. The molecular weight excluding hydrogens is 454 g/mol. The van der Waals surface area contributed by atoms with Crippen molar-refractivity contribution >= 4 is 23.3 Å². The van der Waals surface area contributed by atoms with Crippen LogP contribution in [0.1, 0.15) is 33.4 Å². The van der Waals surface area contributed by atoms with Gasteiger partial charge in [-0.2, -0.15) is 0 Å². The number of benzene rings is 3. The molecule has 4 aromatic rings. The van der Waals surface area contributed by atoms with Crippen molar-refractivity contribution in [2.24, 2.45) is 0 Å². The van der Waals surface area contributed by atoms with Crippen LogP contribution in [0.2, 0.25) is 0 Å². The van der Waals surface area contributed by atoms with Crippen LogP contribution in [0.3, 0.4) is 0 Å². The molecule has 0 saturated heterocycles. The van der Waals surface area contributed by atoms with Gasteiger partial charge in [0.2, 0.25) is 5.91 Å². The number of carbonyl (C=O) groups is 2. The van der Waals surface area contributed by atoms with Crippen molar-refractivity contribution < 1.29 is 19.1 Å². The van der Waals surface area contributed by atoms with Crippen molar-refractivity contribution in [2.75, 3.05) is 24.4 Å². The quantitative estimate of drug-likeness (QED) is 0.410. The van der Waals surface area contributed by atoms with E-state index < -0.39 is 12.0 Å². The van der Waals surface area contributed by atoms with Crippen LogP contribution in [0.4, 0.5) is 11.5 Å². The number of anilines is 2. The zero-order chi connectivity index (χ0) is 25.1. The Balaban J connectivity index is 1.68. The van der Waals surface area contributed by atoms with Gasteiger partial charge >= 0.3 is 0 Å². The second-order valence-electron chi connectivity index (χ2n) is 8.36. The molecule has 7 nitrogen and oxygen atoms in total. The SMILES string of the molecule is COc1ccc([C@@H]2[C@@H](C(=O)Nc3ccccn3)c3ccccc3C(=O)N2c2ccc(OC)cc2)cc1. The second-order valence-corrected chi connectivity index (χ2v) is 8.36. The maximum atomic E-state index is 13.9. The molecule has 1 N–H and O–H groups in total. The number of methoxy groups -OCH3 is 2. The number of amides is 2. The van der Waals surface area contributed by atoms with Gasteiger partial charge in [0.25, 0.3) is 5.91 Å². The molecule has 0 spiro atoms. The van der Waals surface area contributed by atoms with Crippen molar-refractivity contribution in [1.29, 1.82) is 0 Å². The highest BCUT2D eigenvalue weighted by atomic mass is 16.5. The summed E-state index contributed by atoms with van der Waals surface area (Å²) in [6.07, 6.45) is 1.62. The lowest BCUT2D eigenvalue weighted by Gasteiger charge is -2.41. The van der Waals surface area contributed by atoms with Crippen LogP contribution < -0.4 is 19.7 Å². The highest BCUT2D eigenvalue weighted by molar-refractivity contribution is 6.12. The number of pyridine rings is 1. The average molecular weight is 480 g/mol. The summed E-state index contributed by atoms with van der Waals surface area (Å²) in [7, 11) is 3.19. The molecule has 0 bridgehead atoms. The molecule has 0 fully saturated rings. The number of nitrogens with one attached hydrogen (secondary N) is 1. The van der Waals surface area contributed by atoms with E-state index in [-0.39, 0.29) is 11.8 Å². The van der Waals surface area contributed by atoms with E-state index in [1.165, 1.54) is 0 Å². The number of aromatic nitrogens is 1. The molecule has 3 aromatic carbocycles. The molecule has 0 aliphatic carbocycles. The maximum Gasteiger partial charge on any atom is 0.259 e. The van der Waals surface area contributed by atoms with Crippen LogP contribution in [-0.4, -0.2) is 31.0 Å². The maximum absolute atomic E-state index is 13.9. The molecular formula is C29H25N3O4. The predicted molar refractivity (Wildman–Crippen MR) is 138 cm³/mol. The molecule has 0 radical (unpaired) electrons. The van der Waals surface area contributed by atoms with E-state index >= 15 is 0 Å². The fourth-order valence-corrected chi connectivity index (χ4v) is 4.63. The van der Waals surface area contributed by atoms with Crippen LogP contribution in [0.5, 0.6) is 11.5 Å². The summed E-state index contributed by atoms with van der Waals surface area (Å²) in [5, 5.41) is 2.95. The predicted octanol–water partition coefficient (Wildman–Crippen LogP) is 5.22. The molecule has 180 valence electrons. The van der Waals surface area contributed by atoms with Gasteiger partial charge in [-0.25, -0.2) is 4.98 Å². The Morgan fingerprint density at radius 1 is 0.833 bits per heavy atom. The Hall–Kier alpha value is -4.65. The van der Waals surface area contributed by atoms with Gasteiger partial charge in [0, 0.05) is 17.4 Å². The first kappa shape index (κ1) is 23.1. The summed E-state index contributed by atoms with van der Waals surface area (Å²) in [5.41, 5.74) is 2.61. The van der Waals surface area contributed by atoms with E-state index in [0.717, 1.165) is 5.56 Å². The standard InChI is InChI=1S/C29H25N3O4/c1-35-21-14-10-19(11-15-21)27-26(28(33)31-25-9-5-6-18-30-25)23-7-3-4-8-24(23)29(34)32(27)20-12-16-22(36-2)17-13-20/h3-18,26-27H,1-2H3,(H,30,31,33)/t26-,27+/m0/s1. The zero-order valence-corrected chi connectivity index (χ0v) is 19.9. The van der Waals surface area contributed by atoms with Crippen molar-refractivity contribution in [3.05, 3.63) is 114 Å². The van der Waals surface area contributed by atoms with E-state index in [9.17, 15) is 9.59 Å². The highest BCUT2D eigenvalue weighted by Crippen LogP contribution is 2.45. The Bertz CT molecular complexity index is 1370. The van der Waals surface area contributed by atoms with Crippen LogP contribution in [0, 0.1) is 0 Å². The van der Waals surface area contributed by atoms with Crippen LogP contribution in [-0.2, 0) is 4.79 Å². The van der Waals surface area contributed by atoms with Gasteiger partial charge in [0.1, 0.15) is 17.3 Å². The van der Waals surface area contributed by atoms with Crippen LogP contribution in [0.15, 0.2) is 97.2 Å². The lowest BCUT2D eigenvalue weighted by molar-refractivity contribution is -0.118. The van der Waals surface area contributed by atoms with Crippen molar-refractivity contribution in [1.82, 2.24) is 4.98 Å². The van der Waals surface area contributed by atoms with E-state index in [0.29, 0.717) is 34.1 Å². The molecule has 0 saturated carbocycles. The number of ether oxygens (including phenoxy) is 2. The Morgan fingerprint density at radius 3 is 2.11 bits per heavy atom. The first-order valence-electron chi connectivity index (χ1n) is 11.5. The molecule has 1 aliphatic heterocycles. The first-order valence-corrected chi connectivity index (χ1v) is 11.5. The van der Waals surface area contributed by atoms with E-state index in [2.05, 4.69) is 10.3 Å². The largest absolute Gasteiger partial charge is 0.497 e.